The van der Waals surface area contributed by atoms with Gasteiger partial charge in [-0.05, 0) is 73.9 Å². The van der Waals surface area contributed by atoms with Gasteiger partial charge in [-0.25, -0.2) is 0 Å². The van der Waals surface area contributed by atoms with Gasteiger partial charge in [0.2, 0.25) is 11.8 Å². The second-order valence-electron chi connectivity index (χ2n) is 14.6. The molecule has 4 atom stereocenters. The van der Waals surface area contributed by atoms with Crippen molar-refractivity contribution in [3.63, 3.8) is 0 Å². The molecule has 4 aliphatic rings. The van der Waals surface area contributed by atoms with Gasteiger partial charge in [0.05, 0.1) is 31.3 Å². The number of alkyl halides is 3. The van der Waals surface area contributed by atoms with Crippen molar-refractivity contribution in [3.8, 4) is 5.75 Å². The summed E-state index contributed by atoms with van der Waals surface area (Å²) < 4.78 is 58.7. The molecular weight excluding hydrogens is 649 g/mol. The molecule has 0 aromatic heterocycles. The molecule has 3 saturated heterocycles. The number of rotatable bonds is 10. The number of primary amides is 1. The van der Waals surface area contributed by atoms with E-state index in [1.165, 1.54) is 6.07 Å². The molecule has 6 rings (SSSR count). The van der Waals surface area contributed by atoms with E-state index >= 15 is 0 Å². The van der Waals surface area contributed by atoms with Crippen LogP contribution in [0.3, 0.4) is 0 Å². The number of carbonyl (C=O) groups excluding carboxylic acids is 2. The second-order valence-corrected chi connectivity index (χ2v) is 14.6. The highest BCUT2D eigenvalue weighted by Gasteiger charge is 2.46. The van der Waals surface area contributed by atoms with E-state index in [-0.39, 0.29) is 47.5 Å². The molecular formula is C38H51F3N4O5. The first-order valence-corrected chi connectivity index (χ1v) is 17.9. The molecule has 3 heterocycles. The van der Waals surface area contributed by atoms with Gasteiger partial charge < -0.3 is 29.7 Å². The smallest absolute Gasteiger partial charge is 0.416 e. The molecule has 0 spiro atoms. The average Bonchev–Trinajstić information content (AvgIpc) is 3.76. The Morgan fingerprint density at radius 1 is 0.860 bits per heavy atom. The summed E-state index contributed by atoms with van der Waals surface area (Å²) in [5, 5.41) is 0. The van der Waals surface area contributed by atoms with Crippen molar-refractivity contribution in [2.75, 3.05) is 72.1 Å². The maximum atomic E-state index is 14.7. The second kappa shape index (κ2) is 15.5. The van der Waals surface area contributed by atoms with Crippen LogP contribution in [-0.2, 0) is 25.2 Å². The van der Waals surface area contributed by atoms with Gasteiger partial charge in [0.1, 0.15) is 5.75 Å². The van der Waals surface area contributed by atoms with Gasteiger partial charge in [0.25, 0.3) is 0 Å². The fraction of sp³-hybridized carbons (Fsp3) is 0.632. The minimum atomic E-state index is -4.50. The molecule has 9 nitrogen and oxygen atoms in total. The highest BCUT2D eigenvalue weighted by atomic mass is 19.4. The van der Waals surface area contributed by atoms with E-state index in [2.05, 4.69) is 17.0 Å². The molecule has 2 aromatic carbocycles. The third-order valence-corrected chi connectivity index (χ3v) is 11.8. The van der Waals surface area contributed by atoms with Crippen LogP contribution in [0.2, 0.25) is 0 Å². The van der Waals surface area contributed by atoms with Gasteiger partial charge in [0.15, 0.2) is 0 Å². The van der Waals surface area contributed by atoms with Crippen LogP contribution in [0.15, 0.2) is 42.5 Å². The Morgan fingerprint density at radius 2 is 1.56 bits per heavy atom. The van der Waals surface area contributed by atoms with Gasteiger partial charge >= 0.3 is 6.18 Å². The number of hydrogen-bond donors (Lipinski definition) is 1. The molecule has 2 aromatic rings. The normalized spacial score (nSPS) is 28.3. The summed E-state index contributed by atoms with van der Waals surface area (Å²) in [6.45, 7) is 3.54. The van der Waals surface area contributed by atoms with Crippen molar-refractivity contribution < 1.29 is 37.0 Å². The molecule has 2 amide bonds. The van der Waals surface area contributed by atoms with E-state index in [0.29, 0.717) is 63.9 Å². The predicted octanol–water partition coefficient (Wildman–Crippen LogP) is 5.28. The number of carbonyl (C=O) groups is 2. The van der Waals surface area contributed by atoms with Crippen LogP contribution >= 0.6 is 0 Å². The molecule has 3 aliphatic heterocycles. The summed E-state index contributed by atoms with van der Waals surface area (Å²) in [6.07, 6.45) is 0.827. The molecule has 0 radical (unpaired) electrons. The van der Waals surface area contributed by atoms with Crippen LogP contribution in [0.1, 0.15) is 67.1 Å². The number of likely N-dealkylation sites (tertiary alicyclic amines) is 2. The number of piperidine rings is 1. The number of hydrogen-bond acceptors (Lipinski definition) is 7. The van der Waals surface area contributed by atoms with E-state index in [0.717, 1.165) is 55.2 Å². The number of nitrogens with zero attached hydrogens (tertiary/aromatic N) is 3. The van der Waals surface area contributed by atoms with Crippen LogP contribution in [-0.4, -0.2) is 101 Å². The Balaban J connectivity index is 1.27. The molecule has 0 unspecified atom stereocenters. The molecule has 50 heavy (non-hydrogen) atoms. The van der Waals surface area contributed by atoms with Crippen molar-refractivity contribution in [1.82, 2.24) is 9.80 Å². The predicted molar refractivity (Wildman–Crippen MR) is 184 cm³/mol. The molecule has 0 bridgehead atoms. The lowest BCUT2D eigenvalue weighted by molar-refractivity contribution is -0.137. The summed E-state index contributed by atoms with van der Waals surface area (Å²) in [5.74, 6) is -0.387. The number of anilines is 1. The fourth-order valence-electron chi connectivity index (χ4n) is 8.95. The Hall–Kier alpha value is -3.35. The van der Waals surface area contributed by atoms with Crippen LogP contribution in [0.25, 0.3) is 0 Å². The SMILES string of the molecule is COC[C@H]1CN(C(=O)[C@@H]2CN([C@H]3CC[C@H](OC)CC3)C[C@H]2c2ccc(OC)cc2)C[C@@H]1c1ccc(C(F)(F)F)cc1N1CCC(C(N)=O)CC1. The zero-order valence-electron chi connectivity index (χ0n) is 29.4. The number of nitrogens with two attached hydrogens (primary N) is 1. The molecule has 12 heteroatoms. The van der Waals surface area contributed by atoms with Crippen LogP contribution in [0, 0.1) is 17.8 Å². The molecule has 274 valence electrons. The van der Waals surface area contributed by atoms with E-state index in [1.807, 2.05) is 21.9 Å². The van der Waals surface area contributed by atoms with E-state index in [4.69, 9.17) is 19.9 Å². The monoisotopic (exact) mass is 700 g/mol. The summed E-state index contributed by atoms with van der Waals surface area (Å²) in [6, 6.07) is 12.4. The van der Waals surface area contributed by atoms with E-state index in [1.54, 1.807) is 27.4 Å². The van der Waals surface area contributed by atoms with Crippen molar-refractivity contribution in [3.05, 3.63) is 59.2 Å². The maximum absolute atomic E-state index is 14.7. The number of methoxy groups -OCH3 is 3. The van der Waals surface area contributed by atoms with Gasteiger partial charge in [-0.3, -0.25) is 14.5 Å². The third-order valence-electron chi connectivity index (χ3n) is 11.8. The summed E-state index contributed by atoms with van der Waals surface area (Å²) in [4.78, 5) is 32.9. The standard InChI is InChI=1S/C38H51F3N4O5/c1-48-23-26-19-45(21-33(26)31-13-6-27(38(39,40)41)18-35(31)43-16-14-25(15-17-43)36(42)46)37(47)34-22-44(28-7-11-30(50-3)12-8-28)20-32(34)24-4-9-29(49-2)10-5-24/h4-6,9-10,13,18,25-26,28,30,32-34H,7-8,11-12,14-17,19-23H2,1-3H3,(H2,42,46)/t26-,28-,30-,32+,33+,34-/m1/s1. The summed E-state index contributed by atoms with van der Waals surface area (Å²) >= 11 is 0. The lowest BCUT2D eigenvalue weighted by Crippen LogP contribution is -2.40. The first-order chi connectivity index (χ1) is 24.0. The first-order valence-electron chi connectivity index (χ1n) is 17.9. The third kappa shape index (κ3) is 7.77. The molecule has 1 aliphatic carbocycles. The molecule has 2 N–H and O–H groups in total. The highest BCUT2D eigenvalue weighted by Crippen LogP contribution is 2.44. The number of benzene rings is 2. The average molecular weight is 701 g/mol. The van der Waals surface area contributed by atoms with Crippen molar-refractivity contribution in [2.45, 2.75) is 68.7 Å². The Morgan fingerprint density at radius 3 is 2.16 bits per heavy atom. The van der Waals surface area contributed by atoms with Crippen LogP contribution in [0.5, 0.6) is 5.75 Å². The highest BCUT2D eigenvalue weighted by molar-refractivity contribution is 5.81. The van der Waals surface area contributed by atoms with Gasteiger partial charge in [0, 0.05) is 88.9 Å². The molecule has 4 fully saturated rings. The lowest BCUT2D eigenvalue weighted by Gasteiger charge is -2.35. The summed E-state index contributed by atoms with van der Waals surface area (Å²) in [7, 11) is 5.03. The van der Waals surface area contributed by atoms with Crippen molar-refractivity contribution in [2.24, 2.45) is 23.5 Å². The van der Waals surface area contributed by atoms with Gasteiger partial charge in [-0.1, -0.05) is 18.2 Å². The zero-order valence-corrected chi connectivity index (χ0v) is 29.4. The lowest BCUT2D eigenvalue weighted by atomic mass is 9.86. The Bertz CT molecular complexity index is 1470. The quantitative estimate of drug-likeness (QED) is 0.361. The Kier molecular flexibility index (Phi) is 11.3. The van der Waals surface area contributed by atoms with Crippen LogP contribution in [0.4, 0.5) is 18.9 Å². The minimum Gasteiger partial charge on any atom is -0.497 e. The maximum Gasteiger partial charge on any atom is 0.416 e. The number of ether oxygens (including phenoxy) is 3. The topological polar surface area (TPSA) is 97.6 Å². The fourth-order valence-corrected chi connectivity index (χ4v) is 8.95. The van der Waals surface area contributed by atoms with Gasteiger partial charge in [-0.2, -0.15) is 13.2 Å². The Labute approximate surface area is 293 Å². The first kappa shape index (κ1) is 36.4. The minimum absolute atomic E-state index is 0.00154. The largest absolute Gasteiger partial charge is 0.497 e. The van der Waals surface area contributed by atoms with E-state index < -0.39 is 11.7 Å². The van der Waals surface area contributed by atoms with E-state index in [9.17, 15) is 22.8 Å². The van der Waals surface area contributed by atoms with Crippen molar-refractivity contribution >= 4 is 17.5 Å². The summed E-state index contributed by atoms with van der Waals surface area (Å²) in [5.41, 5.74) is 7.24. The van der Waals surface area contributed by atoms with Crippen LogP contribution < -0.4 is 15.4 Å². The number of halogens is 3. The van der Waals surface area contributed by atoms with Gasteiger partial charge in [-0.15, -0.1) is 0 Å². The molecule has 1 saturated carbocycles. The zero-order chi connectivity index (χ0) is 35.6. The number of amides is 2. The van der Waals surface area contributed by atoms with Crippen molar-refractivity contribution in [1.29, 1.82) is 0 Å².